The second kappa shape index (κ2) is 8.56. The van der Waals surface area contributed by atoms with Crippen molar-refractivity contribution in [2.24, 2.45) is 11.8 Å². The molecule has 2 atom stereocenters. The number of hydrogen-bond acceptors (Lipinski definition) is 3. The van der Waals surface area contributed by atoms with E-state index >= 15 is 0 Å². The van der Waals surface area contributed by atoms with Crippen LogP contribution in [0.2, 0.25) is 0 Å². The van der Waals surface area contributed by atoms with E-state index in [1.54, 1.807) is 4.90 Å². The lowest BCUT2D eigenvalue weighted by molar-refractivity contribution is 0.0262. The van der Waals surface area contributed by atoms with Gasteiger partial charge in [-0.05, 0) is 65.8 Å². The van der Waals surface area contributed by atoms with Crippen molar-refractivity contribution in [3.63, 3.8) is 0 Å². The molecule has 0 heterocycles. The van der Waals surface area contributed by atoms with Gasteiger partial charge in [-0.3, -0.25) is 0 Å². The monoisotopic (exact) mass is 310 g/mol. The van der Waals surface area contributed by atoms with E-state index in [-0.39, 0.29) is 6.09 Å². The molecule has 0 bridgehead atoms. The molecule has 128 valence electrons. The zero-order chi connectivity index (χ0) is 16.8. The van der Waals surface area contributed by atoms with Crippen LogP contribution in [0.25, 0.3) is 0 Å². The normalized spacial score (nSPS) is 22.2. The fraction of sp³-hybridized carbons (Fsp3) is 0.833. The maximum absolute atomic E-state index is 12.0. The van der Waals surface area contributed by atoms with Crippen LogP contribution in [-0.4, -0.2) is 42.8 Å². The van der Waals surface area contributed by atoms with Crippen molar-refractivity contribution < 1.29 is 9.53 Å². The van der Waals surface area contributed by atoms with Crippen molar-refractivity contribution in [2.45, 2.75) is 60.0 Å². The Morgan fingerprint density at radius 2 is 2.14 bits per heavy atom. The molecular formula is C18H34N2O2. The van der Waals surface area contributed by atoms with Gasteiger partial charge < -0.3 is 15.0 Å². The third-order valence-corrected chi connectivity index (χ3v) is 3.91. The predicted molar refractivity (Wildman–Crippen MR) is 92.0 cm³/mol. The molecule has 0 aromatic rings. The number of likely N-dealkylation sites (N-methyl/N-ethyl adjacent to an activating group) is 1. The molecule has 0 aromatic carbocycles. The molecule has 1 rings (SSSR count). The second-order valence-corrected chi connectivity index (χ2v) is 7.56. The van der Waals surface area contributed by atoms with Crippen LogP contribution in [0.4, 0.5) is 4.79 Å². The molecule has 1 aliphatic rings. The van der Waals surface area contributed by atoms with Gasteiger partial charge in [0.1, 0.15) is 5.60 Å². The average molecular weight is 310 g/mol. The number of allylic oxidation sites excluding steroid dienone is 2. The van der Waals surface area contributed by atoms with Crippen LogP contribution in [-0.2, 0) is 4.74 Å². The summed E-state index contributed by atoms with van der Waals surface area (Å²) in [7, 11) is 0. The van der Waals surface area contributed by atoms with Gasteiger partial charge in [0.2, 0.25) is 0 Å². The Labute approximate surface area is 136 Å². The van der Waals surface area contributed by atoms with Gasteiger partial charge in [-0.1, -0.05) is 18.6 Å². The van der Waals surface area contributed by atoms with Gasteiger partial charge in [-0.2, -0.15) is 0 Å². The molecule has 4 heteroatoms. The smallest absolute Gasteiger partial charge is 0.410 e. The first-order valence-electron chi connectivity index (χ1n) is 8.57. The lowest BCUT2D eigenvalue weighted by Crippen LogP contribution is -2.41. The zero-order valence-electron chi connectivity index (χ0n) is 15.2. The Morgan fingerprint density at radius 1 is 1.45 bits per heavy atom. The second-order valence-electron chi connectivity index (χ2n) is 7.56. The highest BCUT2D eigenvalue weighted by molar-refractivity contribution is 5.68. The van der Waals surface area contributed by atoms with E-state index in [2.05, 4.69) is 25.2 Å². The van der Waals surface area contributed by atoms with E-state index in [1.165, 1.54) is 18.4 Å². The molecule has 0 aliphatic heterocycles. The van der Waals surface area contributed by atoms with Crippen LogP contribution >= 0.6 is 0 Å². The van der Waals surface area contributed by atoms with Gasteiger partial charge >= 0.3 is 6.09 Å². The number of hydrogen-bond donors (Lipinski definition) is 1. The third-order valence-electron chi connectivity index (χ3n) is 3.91. The fourth-order valence-electron chi connectivity index (χ4n) is 3.07. The number of nitrogens with one attached hydrogen (secondary N) is 1. The molecular weight excluding hydrogens is 276 g/mol. The first-order valence-corrected chi connectivity index (χ1v) is 8.57. The maximum atomic E-state index is 12.0. The van der Waals surface area contributed by atoms with Gasteiger partial charge in [0, 0.05) is 19.6 Å². The number of ether oxygens (including phenoxy) is 1. The van der Waals surface area contributed by atoms with Crippen molar-refractivity contribution in [3.8, 4) is 0 Å². The summed E-state index contributed by atoms with van der Waals surface area (Å²) in [4.78, 5) is 13.8. The number of rotatable bonds is 6. The zero-order valence-corrected chi connectivity index (χ0v) is 15.2. The van der Waals surface area contributed by atoms with Gasteiger partial charge in [-0.15, -0.1) is 0 Å². The van der Waals surface area contributed by atoms with Crippen LogP contribution in [0.1, 0.15) is 54.4 Å². The Morgan fingerprint density at radius 3 is 2.68 bits per heavy atom. The summed E-state index contributed by atoms with van der Waals surface area (Å²) < 4.78 is 5.42. The molecule has 2 unspecified atom stereocenters. The molecule has 0 aromatic heterocycles. The number of amides is 1. The summed E-state index contributed by atoms with van der Waals surface area (Å²) >= 11 is 0. The molecule has 1 amide bonds. The Balaban J connectivity index is 2.27. The van der Waals surface area contributed by atoms with Crippen LogP contribution < -0.4 is 5.32 Å². The average Bonchev–Trinajstić information content (AvgIpc) is 2.35. The summed E-state index contributed by atoms with van der Waals surface area (Å²) in [6, 6.07) is 0. The van der Waals surface area contributed by atoms with Crippen molar-refractivity contribution in [2.75, 3.05) is 26.2 Å². The minimum absolute atomic E-state index is 0.220. The van der Waals surface area contributed by atoms with Crippen LogP contribution in [0, 0.1) is 11.8 Å². The topological polar surface area (TPSA) is 41.6 Å². The Bertz CT molecular complexity index is 385. The minimum Gasteiger partial charge on any atom is -0.444 e. The molecule has 4 nitrogen and oxygen atoms in total. The molecule has 22 heavy (non-hydrogen) atoms. The summed E-state index contributed by atoms with van der Waals surface area (Å²) in [5.41, 5.74) is 1.08. The minimum atomic E-state index is -0.431. The highest BCUT2D eigenvalue weighted by atomic mass is 16.6. The quantitative estimate of drug-likeness (QED) is 0.599. The number of carbonyl (C=O) groups is 1. The van der Waals surface area contributed by atoms with E-state index < -0.39 is 5.60 Å². The fourth-order valence-corrected chi connectivity index (χ4v) is 3.07. The first-order chi connectivity index (χ1) is 10.2. The molecule has 1 N–H and O–H groups in total. The highest BCUT2D eigenvalue weighted by Crippen LogP contribution is 2.27. The molecule has 0 fully saturated rings. The van der Waals surface area contributed by atoms with E-state index in [0.717, 1.165) is 19.0 Å². The number of nitrogens with zero attached hydrogens (tertiary/aromatic N) is 1. The summed E-state index contributed by atoms with van der Waals surface area (Å²) in [6.07, 6.45) is 4.62. The molecule has 0 saturated carbocycles. The van der Waals surface area contributed by atoms with E-state index in [1.807, 2.05) is 27.7 Å². The molecule has 0 saturated heterocycles. The van der Waals surface area contributed by atoms with Gasteiger partial charge in [0.05, 0.1) is 0 Å². The van der Waals surface area contributed by atoms with Crippen molar-refractivity contribution in [3.05, 3.63) is 11.6 Å². The summed E-state index contributed by atoms with van der Waals surface area (Å²) in [5.74, 6) is 1.41. The van der Waals surface area contributed by atoms with Crippen molar-refractivity contribution >= 4 is 6.09 Å². The van der Waals surface area contributed by atoms with Crippen molar-refractivity contribution in [1.29, 1.82) is 0 Å². The number of carbonyl (C=O) groups excluding carboxylic acids is 1. The van der Waals surface area contributed by atoms with E-state index in [9.17, 15) is 4.79 Å². The lowest BCUT2D eigenvalue weighted by atomic mass is 9.84. The predicted octanol–water partition coefficient (Wildman–Crippen LogP) is 3.83. The highest BCUT2D eigenvalue weighted by Gasteiger charge is 2.21. The van der Waals surface area contributed by atoms with E-state index in [0.29, 0.717) is 19.0 Å². The standard InChI is InChI=1S/C18H34N2O2/c1-7-20(17(21)22-18(4,5)6)9-8-19-13-16-11-14(2)10-15(3)12-16/h10,14,16,19H,7-9,11-13H2,1-6H3. The van der Waals surface area contributed by atoms with Crippen LogP contribution in [0.3, 0.4) is 0 Å². The van der Waals surface area contributed by atoms with Crippen molar-refractivity contribution in [1.82, 2.24) is 10.2 Å². The van der Waals surface area contributed by atoms with Crippen LogP contribution in [0.15, 0.2) is 11.6 Å². The van der Waals surface area contributed by atoms with Gasteiger partial charge in [0.15, 0.2) is 0 Å². The lowest BCUT2D eigenvalue weighted by Gasteiger charge is -2.28. The Kier molecular flexibility index (Phi) is 7.40. The van der Waals surface area contributed by atoms with Gasteiger partial charge in [0.25, 0.3) is 0 Å². The molecule has 0 radical (unpaired) electrons. The summed E-state index contributed by atoms with van der Waals surface area (Å²) in [6.45, 7) is 15.4. The van der Waals surface area contributed by atoms with Crippen LogP contribution in [0.5, 0.6) is 0 Å². The summed E-state index contributed by atoms with van der Waals surface area (Å²) in [5, 5.41) is 3.50. The third kappa shape index (κ3) is 7.30. The first kappa shape index (κ1) is 19.0. The van der Waals surface area contributed by atoms with E-state index in [4.69, 9.17) is 4.74 Å². The largest absolute Gasteiger partial charge is 0.444 e. The molecule has 1 aliphatic carbocycles. The maximum Gasteiger partial charge on any atom is 0.410 e. The SMILES string of the molecule is CCN(CCNCC1CC(C)=CC(C)C1)C(=O)OC(C)(C)C. The molecule has 0 spiro atoms. The Hall–Kier alpha value is -1.03. The van der Waals surface area contributed by atoms with Gasteiger partial charge in [-0.25, -0.2) is 4.79 Å².